The van der Waals surface area contributed by atoms with Crippen LogP contribution in [0.1, 0.15) is 125 Å². The highest BCUT2D eigenvalue weighted by molar-refractivity contribution is 6.00. The van der Waals surface area contributed by atoms with Gasteiger partial charge in [-0.25, -0.2) is 0 Å². The van der Waals surface area contributed by atoms with E-state index in [2.05, 4.69) is 26.1 Å². The van der Waals surface area contributed by atoms with Gasteiger partial charge in [-0.15, -0.1) is 0 Å². The number of ether oxygens (including phenoxy) is 2. The van der Waals surface area contributed by atoms with Crippen molar-refractivity contribution in [3.63, 3.8) is 0 Å². The van der Waals surface area contributed by atoms with E-state index in [1.165, 1.54) is 0 Å². The van der Waals surface area contributed by atoms with E-state index in [0.29, 0.717) is 43.1 Å². The van der Waals surface area contributed by atoms with Crippen LogP contribution in [0, 0.1) is 63.6 Å². The number of nitrogens with two attached hydrogens (primary N) is 1. The summed E-state index contributed by atoms with van der Waals surface area (Å²) in [5, 5.41) is 51.5. The number of carbonyl (C=O) groups excluding carboxylic acids is 1. The highest BCUT2D eigenvalue weighted by atomic mass is 16.6. The number of aliphatic hydroxyl groups excluding tert-OH is 2. The summed E-state index contributed by atoms with van der Waals surface area (Å²) < 4.78 is 13.9. The molecule has 4 saturated carbocycles. The van der Waals surface area contributed by atoms with Crippen molar-refractivity contribution in [2.45, 2.75) is 166 Å². The molecule has 292 valence electrons. The lowest BCUT2D eigenvalue weighted by Crippen LogP contribution is -2.69. The Kier molecular flexibility index (Phi) is 8.51. The highest BCUT2D eigenvalue weighted by Crippen LogP contribution is 2.78. The lowest BCUT2D eigenvalue weighted by Gasteiger charge is -2.69. The average molecular weight is 725 g/mol. The van der Waals surface area contributed by atoms with Crippen molar-refractivity contribution in [3.05, 3.63) is 11.1 Å². The third-order valence-electron chi connectivity index (χ3n) is 18.6. The molecule has 18 atom stereocenters. The number of piperidine rings is 1. The monoisotopic (exact) mass is 725 g/mol. The third-order valence-corrected chi connectivity index (χ3v) is 18.6. The molecule has 9 heteroatoms. The molecular formula is C43H68N2O7. The summed E-state index contributed by atoms with van der Waals surface area (Å²) in [5.41, 5.74) is 3.65. The maximum absolute atomic E-state index is 14.6. The fourth-order valence-electron chi connectivity index (χ4n) is 15.5. The second kappa shape index (κ2) is 12.0. The molecule has 0 spiro atoms. The van der Waals surface area contributed by atoms with Crippen molar-refractivity contribution < 1.29 is 34.7 Å². The van der Waals surface area contributed by atoms with Crippen molar-refractivity contribution >= 4 is 5.78 Å². The molecule has 2 unspecified atom stereocenters. The second-order valence-corrected chi connectivity index (χ2v) is 21.0. The first kappa shape index (κ1) is 36.7. The molecule has 52 heavy (non-hydrogen) atoms. The molecule has 0 amide bonds. The number of aliphatic hydroxyl groups is 4. The molecule has 0 radical (unpaired) electrons. The minimum Gasteiger partial charge on any atom is -0.396 e. The van der Waals surface area contributed by atoms with Crippen LogP contribution in [0.3, 0.4) is 0 Å². The van der Waals surface area contributed by atoms with Gasteiger partial charge in [0.25, 0.3) is 0 Å². The fraction of sp³-hybridized carbons (Fsp3) is 0.930. The van der Waals surface area contributed by atoms with Crippen LogP contribution >= 0.6 is 0 Å². The van der Waals surface area contributed by atoms with Gasteiger partial charge in [-0.3, -0.25) is 4.79 Å². The van der Waals surface area contributed by atoms with E-state index in [1.807, 2.05) is 13.8 Å². The zero-order chi connectivity index (χ0) is 36.8. The molecule has 6 aliphatic carbocycles. The zero-order valence-electron chi connectivity index (χ0n) is 32.5. The number of hydrogen-bond donors (Lipinski definition) is 6. The Bertz CT molecular complexity index is 1500. The summed E-state index contributed by atoms with van der Waals surface area (Å²) in [6.45, 7) is 12.3. The quantitative estimate of drug-likeness (QED) is 0.197. The topological polar surface area (TPSA) is 158 Å². The normalized spacial score (nSPS) is 54.6. The summed E-state index contributed by atoms with van der Waals surface area (Å²) in [6, 6.07) is 0. The standard InChI is InChI=1S/C43H68N2O7/c1-23-12-15-51-42(20-23,37-36(52-37)41(5,49)38(2,22-46)13-10-24-11-14-45-32(44)16-24)31-18-27-8-9-29-34-33-25(21-39(31,3)43(27,34)50)6-7-26-17-28(47)19-30(35(29)48)40(26,33)4/h23-28,30-33,36-37,45-47,49-50H,6-22,44H2,1-5H3/t23-,24?,25+,26-,27-,28+,30+,31-,32?,33+,36+,37-,38+,39-,40-,41+,42-,43-/m1/s1. The number of hydrogen-bond acceptors (Lipinski definition) is 9. The second-order valence-electron chi connectivity index (χ2n) is 21.0. The van der Waals surface area contributed by atoms with E-state index in [4.69, 9.17) is 15.2 Å². The first-order valence-corrected chi connectivity index (χ1v) is 21.3. The Labute approximate surface area is 311 Å². The minimum atomic E-state index is -1.29. The Balaban J connectivity index is 1.08. The van der Waals surface area contributed by atoms with Gasteiger partial charge < -0.3 is 41.0 Å². The van der Waals surface area contributed by atoms with Gasteiger partial charge in [-0.2, -0.15) is 0 Å². The molecule has 3 aliphatic heterocycles. The SMILES string of the molecule is C[C@@H]1CCO[C@@]([C@@H]2O[C@@H]2[C@](C)(O)[C@](C)(CO)CCC2CCNC(N)C2)([C@@H]2C[C@H]3CCC4=C5[C@@H]6[C@@H](CC[C@@H]7C[C@H](O)C[C@@H](C4=O)[C@@]76C)C[C@@]2(C)[C@]53O)C1. The molecule has 3 saturated heterocycles. The predicted molar refractivity (Wildman–Crippen MR) is 197 cm³/mol. The largest absolute Gasteiger partial charge is 0.396 e. The van der Waals surface area contributed by atoms with Gasteiger partial charge in [0.1, 0.15) is 17.8 Å². The number of ketones is 1. The van der Waals surface area contributed by atoms with Gasteiger partial charge in [-0.1, -0.05) is 27.7 Å². The smallest absolute Gasteiger partial charge is 0.162 e. The lowest BCUT2D eigenvalue weighted by atomic mass is 9.36. The van der Waals surface area contributed by atoms with Gasteiger partial charge in [-0.05, 0) is 161 Å². The van der Waals surface area contributed by atoms with Crippen LogP contribution in [-0.4, -0.2) is 87.2 Å². The molecule has 0 bridgehead atoms. The van der Waals surface area contributed by atoms with Crippen molar-refractivity contribution in [2.75, 3.05) is 19.8 Å². The Hall–Kier alpha value is -0.910. The van der Waals surface area contributed by atoms with Crippen LogP contribution in [0.5, 0.6) is 0 Å². The van der Waals surface area contributed by atoms with Crippen LogP contribution in [0.25, 0.3) is 0 Å². The molecule has 0 aromatic carbocycles. The van der Waals surface area contributed by atoms with Crippen LogP contribution in [0.2, 0.25) is 0 Å². The number of Topliss-reactive ketones (excluding diaryl/α,β-unsaturated/α-hetero) is 1. The molecular weight excluding hydrogens is 656 g/mol. The third kappa shape index (κ3) is 4.72. The van der Waals surface area contributed by atoms with Gasteiger partial charge in [0, 0.05) is 23.4 Å². The molecule has 3 heterocycles. The van der Waals surface area contributed by atoms with Gasteiger partial charge in [0.05, 0.1) is 30.1 Å². The highest BCUT2D eigenvalue weighted by Gasteiger charge is 2.79. The fourth-order valence-corrected chi connectivity index (χ4v) is 15.5. The molecule has 9 rings (SSSR count). The van der Waals surface area contributed by atoms with E-state index in [0.717, 1.165) is 94.7 Å². The van der Waals surface area contributed by atoms with Crippen molar-refractivity contribution in [3.8, 4) is 0 Å². The Morgan fingerprint density at radius 2 is 1.81 bits per heavy atom. The summed E-state index contributed by atoms with van der Waals surface area (Å²) in [7, 11) is 0. The lowest BCUT2D eigenvalue weighted by molar-refractivity contribution is -0.216. The van der Waals surface area contributed by atoms with Crippen molar-refractivity contribution in [1.29, 1.82) is 0 Å². The number of rotatable bonds is 8. The first-order chi connectivity index (χ1) is 24.5. The van der Waals surface area contributed by atoms with E-state index < -0.39 is 39.8 Å². The van der Waals surface area contributed by atoms with E-state index in [9.17, 15) is 25.2 Å². The van der Waals surface area contributed by atoms with Crippen LogP contribution in [0.4, 0.5) is 0 Å². The van der Waals surface area contributed by atoms with Crippen LogP contribution in [-0.2, 0) is 14.3 Å². The Morgan fingerprint density at radius 1 is 1.02 bits per heavy atom. The minimum absolute atomic E-state index is 0.000470. The number of carbonyl (C=O) groups is 1. The molecule has 7 fully saturated rings. The van der Waals surface area contributed by atoms with E-state index in [-0.39, 0.29) is 53.7 Å². The summed E-state index contributed by atoms with van der Waals surface area (Å²) >= 11 is 0. The molecule has 9 aliphatic rings. The van der Waals surface area contributed by atoms with Gasteiger partial charge >= 0.3 is 0 Å². The van der Waals surface area contributed by atoms with E-state index >= 15 is 0 Å². The average Bonchev–Trinajstić information content (AvgIpc) is 3.88. The van der Waals surface area contributed by atoms with Crippen molar-refractivity contribution in [2.24, 2.45) is 69.3 Å². The first-order valence-electron chi connectivity index (χ1n) is 21.3. The Morgan fingerprint density at radius 3 is 2.54 bits per heavy atom. The molecule has 0 aromatic heterocycles. The predicted octanol–water partition coefficient (Wildman–Crippen LogP) is 4.62. The van der Waals surface area contributed by atoms with Crippen molar-refractivity contribution in [1.82, 2.24) is 5.32 Å². The van der Waals surface area contributed by atoms with E-state index in [1.54, 1.807) is 0 Å². The zero-order valence-corrected chi connectivity index (χ0v) is 32.5. The van der Waals surface area contributed by atoms with Crippen LogP contribution in [0.15, 0.2) is 11.1 Å². The molecule has 9 nitrogen and oxygen atoms in total. The summed E-state index contributed by atoms with van der Waals surface area (Å²) in [5.74, 6) is 1.82. The number of allylic oxidation sites excluding steroid dienone is 1. The van der Waals surface area contributed by atoms with Gasteiger partial charge in [0.15, 0.2) is 5.78 Å². The summed E-state index contributed by atoms with van der Waals surface area (Å²) in [4.78, 5) is 14.6. The maximum atomic E-state index is 14.6. The van der Waals surface area contributed by atoms with Crippen LogP contribution < -0.4 is 11.1 Å². The summed E-state index contributed by atoms with van der Waals surface area (Å²) in [6.07, 6.45) is 10.7. The molecule has 0 aromatic rings. The maximum Gasteiger partial charge on any atom is 0.162 e. The van der Waals surface area contributed by atoms with Gasteiger partial charge in [0.2, 0.25) is 0 Å². The molecule has 7 N–H and O–H groups in total. The number of epoxide rings is 1. The number of nitrogens with one attached hydrogen (secondary N) is 1.